The Kier molecular flexibility index (Phi) is 4.81. The molecule has 0 bridgehead atoms. The second-order valence-corrected chi connectivity index (χ2v) is 7.08. The Hall–Kier alpha value is -3.23. The number of nitrogens with one attached hydrogen (secondary N) is 1. The molecule has 9 nitrogen and oxygen atoms in total. The number of hydrogen-bond donors (Lipinski definition) is 1. The van der Waals surface area contributed by atoms with Crippen molar-refractivity contribution in [1.29, 1.82) is 0 Å². The van der Waals surface area contributed by atoms with Crippen LogP contribution >= 0.6 is 0 Å². The minimum absolute atomic E-state index is 0.00527. The summed E-state index contributed by atoms with van der Waals surface area (Å²) in [5.74, 6) is 1.12. The quantitative estimate of drug-likeness (QED) is 0.711. The van der Waals surface area contributed by atoms with Gasteiger partial charge in [-0.15, -0.1) is 5.10 Å². The lowest BCUT2D eigenvalue weighted by molar-refractivity contribution is -0.134. The molecule has 3 heterocycles. The molecular formula is C19H22N6O3. The average molecular weight is 382 g/mol. The van der Waals surface area contributed by atoms with E-state index in [1.807, 2.05) is 36.1 Å². The van der Waals surface area contributed by atoms with Crippen molar-refractivity contribution in [2.75, 3.05) is 13.2 Å². The number of aryl methyl sites for hydroxylation is 2. The van der Waals surface area contributed by atoms with Crippen molar-refractivity contribution in [2.45, 2.75) is 39.3 Å². The number of ether oxygens (including phenoxy) is 1. The highest BCUT2D eigenvalue weighted by molar-refractivity contribution is 5.78. The second-order valence-electron chi connectivity index (χ2n) is 7.08. The van der Waals surface area contributed by atoms with E-state index in [0.717, 1.165) is 18.4 Å². The number of carbonyl (C=O) groups excluding carboxylic acids is 1. The first-order chi connectivity index (χ1) is 13.5. The molecule has 1 aliphatic heterocycles. The summed E-state index contributed by atoms with van der Waals surface area (Å²) in [6.45, 7) is 4.84. The largest absolute Gasteiger partial charge is 0.484 e. The number of amides is 1. The maximum Gasteiger partial charge on any atom is 0.281 e. The van der Waals surface area contributed by atoms with Gasteiger partial charge in [-0.2, -0.15) is 0 Å². The molecule has 9 heteroatoms. The predicted octanol–water partition coefficient (Wildman–Crippen LogP) is 1.20. The molecule has 1 saturated heterocycles. The van der Waals surface area contributed by atoms with E-state index in [2.05, 4.69) is 20.3 Å². The van der Waals surface area contributed by atoms with Crippen LogP contribution in [-0.2, 0) is 11.3 Å². The summed E-state index contributed by atoms with van der Waals surface area (Å²) in [6, 6.07) is 7.59. The Bertz CT molecular complexity index is 1060. The summed E-state index contributed by atoms with van der Waals surface area (Å²) in [5.41, 5.74) is 1.49. The highest BCUT2D eigenvalue weighted by atomic mass is 16.5. The van der Waals surface area contributed by atoms with Gasteiger partial charge in [0, 0.05) is 6.54 Å². The highest BCUT2D eigenvalue weighted by Crippen LogP contribution is 2.20. The first kappa shape index (κ1) is 18.1. The zero-order valence-corrected chi connectivity index (χ0v) is 15.9. The summed E-state index contributed by atoms with van der Waals surface area (Å²) >= 11 is 0. The second kappa shape index (κ2) is 7.41. The fourth-order valence-electron chi connectivity index (χ4n) is 3.51. The van der Waals surface area contributed by atoms with Gasteiger partial charge in [-0.1, -0.05) is 22.9 Å². The zero-order valence-electron chi connectivity index (χ0n) is 15.9. The molecule has 3 aromatic rings. The molecule has 0 unspecified atom stereocenters. The first-order valence-electron chi connectivity index (χ1n) is 9.30. The number of aromatic amines is 1. The van der Waals surface area contributed by atoms with Gasteiger partial charge in [0.15, 0.2) is 17.8 Å². The number of hydrogen-bond acceptors (Lipinski definition) is 6. The molecule has 4 rings (SSSR count). The van der Waals surface area contributed by atoms with Crippen LogP contribution in [-0.4, -0.2) is 55.0 Å². The van der Waals surface area contributed by atoms with Gasteiger partial charge in [0.05, 0.1) is 12.6 Å². The van der Waals surface area contributed by atoms with Crippen LogP contribution in [0.15, 0.2) is 29.1 Å². The summed E-state index contributed by atoms with van der Waals surface area (Å²) in [5, 5.41) is 8.00. The van der Waals surface area contributed by atoms with E-state index in [9.17, 15) is 9.59 Å². The summed E-state index contributed by atoms with van der Waals surface area (Å²) in [7, 11) is 0. The smallest absolute Gasteiger partial charge is 0.281 e. The van der Waals surface area contributed by atoms with Crippen molar-refractivity contribution in [2.24, 2.45) is 0 Å². The molecule has 0 aliphatic carbocycles. The van der Waals surface area contributed by atoms with Gasteiger partial charge in [0.1, 0.15) is 11.6 Å². The van der Waals surface area contributed by atoms with Gasteiger partial charge in [0.2, 0.25) is 0 Å². The summed E-state index contributed by atoms with van der Waals surface area (Å²) in [4.78, 5) is 33.4. The van der Waals surface area contributed by atoms with Crippen molar-refractivity contribution in [3.8, 4) is 5.75 Å². The SMILES string of the molecule is Cc1ccc(OCC(=O)N2CCC[C@@H]2Cn2nnc3c(=O)[nH]c(C)nc32)cc1. The monoisotopic (exact) mass is 382 g/mol. The van der Waals surface area contributed by atoms with Crippen molar-refractivity contribution < 1.29 is 9.53 Å². The molecular weight excluding hydrogens is 360 g/mol. The van der Waals surface area contributed by atoms with Gasteiger partial charge in [-0.25, -0.2) is 9.67 Å². The Morgan fingerprint density at radius 1 is 1.29 bits per heavy atom. The van der Waals surface area contributed by atoms with E-state index in [1.54, 1.807) is 11.6 Å². The zero-order chi connectivity index (χ0) is 19.7. The molecule has 1 amide bonds. The number of aromatic nitrogens is 5. The number of rotatable bonds is 5. The molecule has 1 aromatic carbocycles. The van der Waals surface area contributed by atoms with Gasteiger partial charge >= 0.3 is 0 Å². The minimum Gasteiger partial charge on any atom is -0.484 e. The first-order valence-corrected chi connectivity index (χ1v) is 9.30. The van der Waals surface area contributed by atoms with Crippen molar-refractivity contribution in [1.82, 2.24) is 29.9 Å². The molecule has 1 atom stereocenters. The van der Waals surface area contributed by atoms with Gasteiger partial charge in [-0.05, 0) is 38.8 Å². The van der Waals surface area contributed by atoms with Crippen LogP contribution in [0.4, 0.5) is 0 Å². The third-order valence-corrected chi connectivity index (χ3v) is 4.96. The van der Waals surface area contributed by atoms with Crippen LogP contribution in [0.2, 0.25) is 0 Å². The Balaban J connectivity index is 1.45. The molecule has 1 fully saturated rings. The summed E-state index contributed by atoms with van der Waals surface area (Å²) in [6.07, 6.45) is 1.78. The van der Waals surface area contributed by atoms with E-state index in [1.165, 1.54) is 0 Å². The van der Waals surface area contributed by atoms with Crippen molar-refractivity contribution >= 4 is 17.1 Å². The highest BCUT2D eigenvalue weighted by Gasteiger charge is 2.30. The molecule has 0 radical (unpaired) electrons. The molecule has 1 aliphatic rings. The van der Waals surface area contributed by atoms with Crippen LogP contribution in [0.25, 0.3) is 11.2 Å². The number of nitrogens with zero attached hydrogens (tertiary/aromatic N) is 5. The van der Waals surface area contributed by atoms with Crippen LogP contribution in [0.5, 0.6) is 5.75 Å². The van der Waals surface area contributed by atoms with Crippen LogP contribution in [0.3, 0.4) is 0 Å². The van der Waals surface area contributed by atoms with E-state index >= 15 is 0 Å². The third kappa shape index (κ3) is 3.60. The molecule has 2 aromatic heterocycles. The maximum absolute atomic E-state index is 12.7. The molecule has 1 N–H and O–H groups in total. The topological polar surface area (TPSA) is 106 Å². The average Bonchev–Trinajstić information content (AvgIpc) is 3.29. The van der Waals surface area contributed by atoms with Gasteiger partial charge in [-0.3, -0.25) is 9.59 Å². The number of carbonyl (C=O) groups is 1. The lowest BCUT2D eigenvalue weighted by Crippen LogP contribution is -2.41. The van der Waals surface area contributed by atoms with E-state index in [4.69, 9.17) is 4.74 Å². The molecule has 28 heavy (non-hydrogen) atoms. The maximum atomic E-state index is 12.7. The standard InChI is InChI=1S/C19H22N6O3/c1-12-5-7-15(8-6-12)28-11-16(26)24-9-3-4-14(24)10-25-18-17(22-23-25)19(27)21-13(2)20-18/h5-8,14H,3-4,9-11H2,1-2H3,(H,20,21,27)/t14-/m1/s1. The number of fused-ring (bicyclic) bond motifs is 1. The van der Waals surface area contributed by atoms with E-state index < -0.39 is 0 Å². The Morgan fingerprint density at radius 2 is 2.07 bits per heavy atom. The Labute approximate surface area is 161 Å². The molecule has 0 saturated carbocycles. The van der Waals surface area contributed by atoms with Gasteiger partial charge in [0.25, 0.3) is 11.5 Å². The summed E-state index contributed by atoms with van der Waals surface area (Å²) < 4.78 is 7.24. The van der Waals surface area contributed by atoms with Crippen LogP contribution in [0.1, 0.15) is 24.2 Å². The lowest BCUT2D eigenvalue weighted by Gasteiger charge is -2.24. The molecule has 146 valence electrons. The third-order valence-electron chi connectivity index (χ3n) is 4.96. The fourth-order valence-corrected chi connectivity index (χ4v) is 3.51. The van der Waals surface area contributed by atoms with Crippen LogP contribution < -0.4 is 10.3 Å². The number of benzene rings is 1. The van der Waals surface area contributed by atoms with Crippen molar-refractivity contribution in [3.05, 3.63) is 46.0 Å². The lowest BCUT2D eigenvalue weighted by atomic mass is 10.2. The normalized spacial score (nSPS) is 16.6. The van der Waals surface area contributed by atoms with Gasteiger partial charge < -0.3 is 14.6 Å². The fraction of sp³-hybridized carbons (Fsp3) is 0.421. The van der Waals surface area contributed by atoms with E-state index in [0.29, 0.717) is 30.3 Å². The molecule has 0 spiro atoms. The van der Waals surface area contributed by atoms with Crippen molar-refractivity contribution in [3.63, 3.8) is 0 Å². The Morgan fingerprint density at radius 3 is 2.86 bits per heavy atom. The number of H-pyrrole nitrogens is 1. The minimum atomic E-state index is -0.306. The predicted molar refractivity (Wildman–Crippen MR) is 102 cm³/mol. The number of likely N-dealkylation sites (tertiary alicyclic amines) is 1. The van der Waals surface area contributed by atoms with E-state index in [-0.39, 0.29) is 29.6 Å². The van der Waals surface area contributed by atoms with Crippen LogP contribution in [0, 0.1) is 13.8 Å².